The van der Waals surface area contributed by atoms with E-state index in [2.05, 4.69) is 0 Å². The van der Waals surface area contributed by atoms with Gasteiger partial charge in [0.05, 0.1) is 12.0 Å². The molecular weight excluding hydrogens is 265 g/mol. The molecule has 0 fully saturated rings. The fraction of sp³-hybridized carbons (Fsp3) is 0.333. The predicted octanol–water partition coefficient (Wildman–Crippen LogP) is 1.96. The monoisotopic (exact) mass is 271 g/mol. The molecule has 0 amide bonds. The Morgan fingerprint density at radius 1 is 1.39 bits per heavy atom. The number of rotatable bonds is 3. The molecule has 2 N–H and O–H groups in total. The Morgan fingerprint density at radius 2 is 1.94 bits per heavy atom. The third-order valence-electron chi connectivity index (χ3n) is 2.00. The number of H-pyrrole nitrogens is 1. The van der Waals surface area contributed by atoms with Crippen molar-refractivity contribution in [2.75, 3.05) is 0 Å². The lowest BCUT2D eigenvalue weighted by molar-refractivity contribution is -0.141. The van der Waals surface area contributed by atoms with Gasteiger partial charge in [-0.25, -0.2) is 8.78 Å². The van der Waals surface area contributed by atoms with Crippen molar-refractivity contribution in [1.82, 2.24) is 4.98 Å². The van der Waals surface area contributed by atoms with Gasteiger partial charge in [-0.3, -0.25) is 9.59 Å². The molecule has 0 unspecified atom stereocenters. The normalized spacial score (nSPS) is 11.9. The third-order valence-corrected chi connectivity index (χ3v) is 2.00. The number of carboxylic acids is 1. The number of hydrogen-bond donors (Lipinski definition) is 2. The van der Waals surface area contributed by atoms with Crippen molar-refractivity contribution >= 4 is 5.97 Å². The summed E-state index contributed by atoms with van der Waals surface area (Å²) in [7, 11) is 0. The van der Waals surface area contributed by atoms with Crippen molar-refractivity contribution < 1.29 is 31.9 Å². The van der Waals surface area contributed by atoms with E-state index >= 15 is 0 Å². The molecule has 0 aromatic carbocycles. The van der Waals surface area contributed by atoms with E-state index in [4.69, 9.17) is 5.11 Å². The van der Waals surface area contributed by atoms with E-state index in [-0.39, 0.29) is 6.07 Å². The minimum absolute atomic E-state index is 0.110. The lowest BCUT2D eigenvalue weighted by Crippen LogP contribution is -2.22. The Hall–Kier alpha value is -1.93. The summed E-state index contributed by atoms with van der Waals surface area (Å²) in [6, 6.07) is 0.110. The number of aromatic nitrogens is 1. The first kappa shape index (κ1) is 14.1. The van der Waals surface area contributed by atoms with Crippen LogP contribution in [-0.4, -0.2) is 16.1 Å². The number of halogens is 5. The molecule has 1 heterocycles. The largest absolute Gasteiger partial charge is 0.481 e. The average Bonchev–Trinajstić information content (AvgIpc) is 2.12. The van der Waals surface area contributed by atoms with E-state index in [1.54, 1.807) is 4.98 Å². The summed E-state index contributed by atoms with van der Waals surface area (Å²) < 4.78 is 62.7. The molecule has 100 valence electrons. The van der Waals surface area contributed by atoms with Crippen molar-refractivity contribution in [2.24, 2.45) is 0 Å². The fourth-order valence-corrected chi connectivity index (χ4v) is 1.43. The maximum absolute atomic E-state index is 12.6. The zero-order valence-electron chi connectivity index (χ0n) is 8.52. The Kier molecular flexibility index (Phi) is 3.73. The number of nitrogens with one attached hydrogen (secondary N) is 1. The van der Waals surface area contributed by atoms with Gasteiger partial charge < -0.3 is 10.1 Å². The maximum atomic E-state index is 12.6. The summed E-state index contributed by atoms with van der Waals surface area (Å²) in [4.78, 5) is 22.9. The first-order valence-corrected chi connectivity index (χ1v) is 4.46. The number of carboxylic acid groups (broad SMARTS) is 1. The van der Waals surface area contributed by atoms with E-state index in [9.17, 15) is 31.5 Å². The number of aliphatic carboxylic acids is 1. The van der Waals surface area contributed by atoms with Crippen LogP contribution in [0.3, 0.4) is 0 Å². The van der Waals surface area contributed by atoms with Gasteiger partial charge in [0.25, 0.3) is 6.43 Å². The molecule has 18 heavy (non-hydrogen) atoms. The van der Waals surface area contributed by atoms with Crippen LogP contribution in [0.2, 0.25) is 0 Å². The third kappa shape index (κ3) is 3.05. The molecule has 0 saturated carbocycles. The highest BCUT2D eigenvalue weighted by atomic mass is 19.4. The summed E-state index contributed by atoms with van der Waals surface area (Å²) in [6.45, 7) is 0. The molecule has 0 aliphatic carbocycles. The van der Waals surface area contributed by atoms with Crippen molar-refractivity contribution in [2.45, 2.75) is 19.0 Å². The van der Waals surface area contributed by atoms with Gasteiger partial charge in [0.2, 0.25) is 5.56 Å². The van der Waals surface area contributed by atoms with Crippen molar-refractivity contribution in [1.29, 1.82) is 0 Å². The van der Waals surface area contributed by atoms with E-state index in [0.29, 0.717) is 0 Å². The molecular formula is C9H6F5NO3. The molecule has 1 aromatic rings. The fourth-order valence-electron chi connectivity index (χ4n) is 1.43. The Balaban J connectivity index is 3.58. The second-order valence-electron chi connectivity index (χ2n) is 3.31. The second-order valence-corrected chi connectivity index (χ2v) is 3.31. The van der Waals surface area contributed by atoms with Crippen LogP contribution < -0.4 is 5.56 Å². The molecule has 0 atom stereocenters. The number of pyridine rings is 1. The molecule has 0 spiro atoms. The summed E-state index contributed by atoms with van der Waals surface area (Å²) in [5, 5.41) is 8.40. The molecule has 1 rings (SSSR count). The molecule has 9 heteroatoms. The van der Waals surface area contributed by atoms with Crippen molar-refractivity contribution in [3.8, 4) is 0 Å². The molecule has 0 aliphatic rings. The molecule has 0 saturated heterocycles. The minimum Gasteiger partial charge on any atom is -0.481 e. The van der Waals surface area contributed by atoms with Crippen molar-refractivity contribution in [3.05, 3.63) is 33.2 Å². The highest BCUT2D eigenvalue weighted by molar-refractivity contribution is 5.70. The van der Waals surface area contributed by atoms with Crippen LogP contribution in [0.1, 0.15) is 23.2 Å². The summed E-state index contributed by atoms with van der Waals surface area (Å²) in [5.74, 6) is -1.68. The van der Waals surface area contributed by atoms with Gasteiger partial charge in [0.15, 0.2) is 0 Å². The van der Waals surface area contributed by atoms with Crippen LogP contribution in [0.15, 0.2) is 10.9 Å². The van der Waals surface area contributed by atoms with Crippen LogP contribution in [-0.2, 0) is 17.4 Å². The predicted molar refractivity (Wildman–Crippen MR) is 48.4 cm³/mol. The Morgan fingerprint density at radius 3 is 2.33 bits per heavy atom. The summed E-state index contributed by atoms with van der Waals surface area (Å²) >= 11 is 0. The van der Waals surface area contributed by atoms with Crippen LogP contribution in [0.5, 0.6) is 0 Å². The number of aromatic amines is 1. The lowest BCUT2D eigenvalue weighted by Gasteiger charge is -2.15. The Labute approximate surface area is 96.1 Å². The topological polar surface area (TPSA) is 70.2 Å². The zero-order chi connectivity index (χ0) is 14.1. The van der Waals surface area contributed by atoms with Crippen molar-refractivity contribution in [3.63, 3.8) is 0 Å². The minimum atomic E-state index is -5.18. The van der Waals surface area contributed by atoms with Gasteiger partial charge in [-0.1, -0.05) is 0 Å². The van der Waals surface area contributed by atoms with Gasteiger partial charge in [0.1, 0.15) is 0 Å². The van der Waals surface area contributed by atoms with Gasteiger partial charge >= 0.3 is 12.1 Å². The van der Waals surface area contributed by atoms with E-state index < -0.39 is 47.4 Å². The molecule has 0 radical (unpaired) electrons. The smallest absolute Gasteiger partial charge is 0.418 e. The van der Waals surface area contributed by atoms with E-state index in [1.807, 2.05) is 0 Å². The van der Waals surface area contributed by atoms with E-state index in [0.717, 1.165) is 0 Å². The number of hydrogen-bond acceptors (Lipinski definition) is 2. The van der Waals surface area contributed by atoms with Gasteiger partial charge in [0, 0.05) is 17.3 Å². The van der Waals surface area contributed by atoms with Crippen LogP contribution in [0.25, 0.3) is 0 Å². The summed E-state index contributed by atoms with van der Waals surface area (Å²) in [5.41, 5.74) is -5.63. The SMILES string of the molecule is O=C(O)Cc1[nH]c(=O)cc(C(F)F)c1C(F)(F)F. The van der Waals surface area contributed by atoms with Crippen LogP contribution in [0, 0.1) is 0 Å². The average molecular weight is 271 g/mol. The zero-order valence-corrected chi connectivity index (χ0v) is 8.52. The quantitative estimate of drug-likeness (QED) is 0.825. The number of alkyl halides is 5. The van der Waals surface area contributed by atoms with Gasteiger partial charge in [-0.2, -0.15) is 13.2 Å². The Bertz CT molecular complexity index is 520. The van der Waals surface area contributed by atoms with Crippen LogP contribution in [0.4, 0.5) is 22.0 Å². The first-order valence-electron chi connectivity index (χ1n) is 4.46. The molecule has 4 nitrogen and oxygen atoms in total. The van der Waals surface area contributed by atoms with Crippen LogP contribution >= 0.6 is 0 Å². The highest BCUT2D eigenvalue weighted by Gasteiger charge is 2.39. The lowest BCUT2D eigenvalue weighted by atomic mass is 10.0. The van der Waals surface area contributed by atoms with E-state index in [1.165, 1.54) is 0 Å². The first-order chi connectivity index (χ1) is 8.12. The van der Waals surface area contributed by atoms with Gasteiger partial charge in [-0.15, -0.1) is 0 Å². The number of carbonyl (C=O) groups is 1. The molecule has 0 bridgehead atoms. The molecule has 1 aromatic heterocycles. The highest BCUT2D eigenvalue weighted by Crippen LogP contribution is 2.37. The second kappa shape index (κ2) is 4.75. The standard InChI is InChI=1S/C9H6F5NO3/c10-8(11)3-1-5(16)15-4(2-6(17)18)7(3)9(12,13)14/h1,8H,2H2,(H,15,16)(H,17,18). The van der Waals surface area contributed by atoms with Gasteiger partial charge in [-0.05, 0) is 0 Å². The summed E-state index contributed by atoms with van der Waals surface area (Å²) in [6.07, 6.45) is -9.91. The molecule has 0 aliphatic heterocycles. The maximum Gasteiger partial charge on any atom is 0.418 e.